The molecule has 5 heteroatoms. The van der Waals surface area contributed by atoms with E-state index in [9.17, 15) is 4.79 Å². The van der Waals surface area contributed by atoms with E-state index in [4.69, 9.17) is 14.4 Å². The second kappa shape index (κ2) is 5.14. The number of aromatic nitrogens is 1. The number of aryl methyl sites for hydroxylation is 3. The largest absolute Gasteiger partial charge is 0.489 e. The minimum absolute atomic E-state index is 0.247. The predicted molar refractivity (Wildman–Crippen MR) is 68.4 cm³/mol. The molecule has 0 aliphatic rings. The monoisotopic (exact) mass is 261 g/mol. The van der Waals surface area contributed by atoms with Gasteiger partial charge in [0.2, 0.25) is 0 Å². The normalized spacial score (nSPS) is 10.5. The lowest BCUT2D eigenvalue weighted by Gasteiger charge is -2.08. The third kappa shape index (κ3) is 2.76. The van der Waals surface area contributed by atoms with Crippen molar-refractivity contribution in [2.75, 3.05) is 0 Å². The van der Waals surface area contributed by atoms with E-state index in [-0.39, 0.29) is 5.56 Å². The molecule has 1 aromatic carbocycles. The van der Waals surface area contributed by atoms with E-state index in [1.165, 1.54) is 6.07 Å². The van der Waals surface area contributed by atoms with Gasteiger partial charge >= 0.3 is 5.97 Å². The number of carboxylic acids is 1. The molecule has 0 fully saturated rings. The van der Waals surface area contributed by atoms with E-state index in [2.05, 4.69) is 5.16 Å². The van der Waals surface area contributed by atoms with Gasteiger partial charge in [0, 0.05) is 0 Å². The molecule has 0 radical (unpaired) electrons. The second-order valence-electron chi connectivity index (χ2n) is 4.37. The maximum Gasteiger partial charge on any atom is 0.336 e. The summed E-state index contributed by atoms with van der Waals surface area (Å²) in [7, 11) is 0. The first-order valence-corrected chi connectivity index (χ1v) is 5.87. The van der Waals surface area contributed by atoms with Crippen molar-refractivity contribution in [3.63, 3.8) is 0 Å². The Hall–Kier alpha value is -2.30. The predicted octanol–water partition coefficient (Wildman–Crippen LogP) is 2.88. The summed E-state index contributed by atoms with van der Waals surface area (Å²) in [6.07, 6.45) is 0. The van der Waals surface area contributed by atoms with E-state index < -0.39 is 5.97 Å². The van der Waals surface area contributed by atoms with Gasteiger partial charge in [0.25, 0.3) is 0 Å². The molecular weight excluding hydrogens is 246 g/mol. The Bertz CT molecular complexity index is 596. The van der Waals surface area contributed by atoms with Crippen molar-refractivity contribution in [2.45, 2.75) is 27.4 Å². The van der Waals surface area contributed by atoms with Gasteiger partial charge in [-0.2, -0.15) is 0 Å². The summed E-state index contributed by atoms with van der Waals surface area (Å²) in [5, 5.41) is 12.9. The SMILES string of the molecule is Cc1ccc(OCc2c(C)noc2C)cc1C(=O)O. The summed E-state index contributed by atoms with van der Waals surface area (Å²) in [6, 6.07) is 5.00. The summed E-state index contributed by atoms with van der Waals surface area (Å²) in [5.41, 5.74) is 2.62. The summed E-state index contributed by atoms with van der Waals surface area (Å²) in [6.45, 7) is 5.72. The Morgan fingerprint density at radius 2 is 2.11 bits per heavy atom. The standard InChI is InChI=1S/C14H15NO4/c1-8-4-5-11(6-12(8)14(16)17)18-7-13-9(2)15-19-10(13)3/h4-6H,7H2,1-3H3,(H,16,17). The van der Waals surface area contributed by atoms with Gasteiger partial charge in [-0.05, 0) is 38.5 Å². The Balaban J connectivity index is 2.16. The fraction of sp³-hybridized carbons (Fsp3) is 0.286. The molecule has 1 N–H and O–H groups in total. The maximum atomic E-state index is 11.0. The van der Waals surface area contributed by atoms with Crippen LogP contribution in [0.25, 0.3) is 0 Å². The molecule has 2 rings (SSSR count). The number of nitrogens with zero attached hydrogens (tertiary/aromatic N) is 1. The first kappa shape index (κ1) is 13.1. The molecule has 5 nitrogen and oxygen atoms in total. The van der Waals surface area contributed by atoms with E-state index >= 15 is 0 Å². The molecule has 19 heavy (non-hydrogen) atoms. The lowest BCUT2D eigenvalue weighted by Crippen LogP contribution is -2.02. The Kier molecular flexibility index (Phi) is 3.55. The maximum absolute atomic E-state index is 11.0. The molecule has 0 amide bonds. The van der Waals surface area contributed by atoms with E-state index in [1.54, 1.807) is 19.1 Å². The van der Waals surface area contributed by atoms with Gasteiger partial charge in [0.1, 0.15) is 18.1 Å². The van der Waals surface area contributed by atoms with Crippen LogP contribution in [0, 0.1) is 20.8 Å². The van der Waals surface area contributed by atoms with Gasteiger partial charge in [0.15, 0.2) is 0 Å². The number of ether oxygens (including phenoxy) is 1. The number of hydrogen-bond donors (Lipinski definition) is 1. The lowest BCUT2D eigenvalue weighted by atomic mass is 10.1. The highest BCUT2D eigenvalue weighted by atomic mass is 16.5. The number of carbonyl (C=O) groups is 1. The molecular formula is C14H15NO4. The van der Waals surface area contributed by atoms with Crippen LogP contribution in [0.15, 0.2) is 22.7 Å². The summed E-state index contributed by atoms with van der Waals surface area (Å²) >= 11 is 0. The Labute approximate surface area is 110 Å². The van der Waals surface area contributed by atoms with Crippen LogP contribution in [-0.2, 0) is 6.61 Å². The number of rotatable bonds is 4. The van der Waals surface area contributed by atoms with Crippen molar-refractivity contribution in [1.82, 2.24) is 5.16 Å². The van der Waals surface area contributed by atoms with Crippen molar-refractivity contribution >= 4 is 5.97 Å². The van der Waals surface area contributed by atoms with Crippen molar-refractivity contribution < 1.29 is 19.2 Å². The molecule has 0 unspecified atom stereocenters. The topological polar surface area (TPSA) is 72.6 Å². The zero-order valence-electron chi connectivity index (χ0n) is 11.1. The number of benzene rings is 1. The third-order valence-electron chi connectivity index (χ3n) is 3.00. The first-order chi connectivity index (χ1) is 8.99. The fourth-order valence-corrected chi connectivity index (χ4v) is 1.78. The number of carboxylic acid groups (broad SMARTS) is 1. The van der Waals surface area contributed by atoms with Gasteiger partial charge in [-0.1, -0.05) is 11.2 Å². The van der Waals surface area contributed by atoms with Gasteiger partial charge in [0.05, 0.1) is 16.8 Å². The number of aromatic carboxylic acids is 1. The molecule has 0 saturated carbocycles. The number of hydrogen-bond acceptors (Lipinski definition) is 4. The van der Waals surface area contributed by atoms with Gasteiger partial charge in [-0.15, -0.1) is 0 Å². The van der Waals surface area contributed by atoms with Crippen molar-refractivity contribution in [2.24, 2.45) is 0 Å². The highest BCUT2D eigenvalue weighted by Crippen LogP contribution is 2.20. The van der Waals surface area contributed by atoms with Crippen LogP contribution in [0.3, 0.4) is 0 Å². The molecule has 1 aromatic heterocycles. The van der Waals surface area contributed by atoms with Gasteiger partial charge in [-0.25, -0.2) is 4.79 Å². The molecule has 0 aliphatic heterocycles. The molecule has 0 bridgehead atoms. The van der Waals surface area contributed by atoms with Crippen molar-refractivity contribution in [3.8, 4) is 5.75 Å². The van der Waals surface area contributed by atoms with Crippen LogP contribution >= 0.6 is 0 Å². The Morgan fingerprint density at radius 1 is 1.37 bits per heavy atom. The Morgan fingerprint density at radius 3 is 2.68 bits per heavy atom. The second-order valence-corrected chi connectivity index (χ2v) is 4.37. The van der Waals surface area contributed by atoms with Crippen LogP contribution in [0.1, 0.15) is 32.9 Å². The summed E-state index contributed by atoms with van der Waals surface area (Å²) < 4.78 is 10.6. The van der Waals surface area contributed by atoms with Crippen LogP contribution in [0.4, 0.5) is 0 Å². The van der Waals surface area contributed by atoms with Crippen LogP contribution in [0.2, 0.25) is 0 Å². The average Bonchev–Trinajstić information content (AvgIpc) is 2.68. The lowest BCUT2D eigenvalue weighted by molar-refractivity contribution is 0.0695. The molecule has 100 valence electrons. The van der Waals surface area contributed by atoms with Crippen LogP contribution < -0.4 is 4.74 Å². The van der Waals surface area contributed by atoms with Gasteiger partial charge in [-0.3, -0.25) is 0 Å². The minimum Gasteiger partial charge on any atom is -0.489 e. The van der Waals surface area contributed by atoms with E-state index in [0.717, 1.165) is 11.3 Å². The summed E-state index contributed by atoms with van der Waals surface area (Å²) in [5.74, 6) is 0.270. The van der Waals surface area contributed by atoms with Crippen LogP contribution in [0.5, 0.6) is 5.75 Å². The minimum atomic E-state index is -0.958. The molecule has 2 aromatic rings. The zero-order valence-corrected chi connectivity index (χ0v) is 11.1. The molecule has 0 atom stereocenters. The van der Waals surface area contributed by atoms with E-state index in [1.807, 2.05) is 13.8 Å². The van der Waals surface area contributed by atoms with E-state index in [0.29, 0.717) is 23.7 Å². The quantitative estimate of drug-likeness (QED) is 0.916. The molecule has 1 heterocycles. The van der Waals surface area contributed by atoms with Crippen LogP contribution in [-0.4, -0.2) is 16.2 Å². The fourth-order valence-electron chi connectivity index (χ4n) is 1.78. The summed E-state index contributed by atoms with van der Waals surface area (Å²) in [4.78, 5) is 11.0. The highest BCUT2D eigenvalue weighted by molar-refractivity contribution is 5.89. The smallest absolute Gasteiger partial charge is 0.336 e. The molecule has 0 spiro atoms. The zero-order chi connectivity index (χ0) is 14.0. The third-order valence-corrected chi connectivity index (χ3v) is 3.00. The molecule has 0 aliphatic carbocycles. The molecule has 0 saturated heterocycles. The average molecular weight is 261 g/mol. The van der Waals surface area contributed by atoms with Crippen molar-refractivity contribution in [1.29, 1.82) is 0 Å². The van der Waals surface area contributed by atoms with Gasteiger partial charge < -0.3 is 14.4 Å². The first-order valence-electron chi connectivity index (χ1n) is 5.87. The van der Waals surface area contributed by atoms with Crippen molar-refractivity contribution in [3.05, 3.63) is 46.3 Å². The highest BCUT2D eigenvalue weighted by Gasteiger charge is 2.11.